The Morgan fingerprint density at radius 2 is 2.17 bits per heavy atom. The normalized spacial score (nSPS) is 9.83. The molecule has 3 N–H and O–H groups in total. The average molecular weight is 268 g/mol. The van der Waals surface area contributed by atoms with Gasteiger partial charge in [-0.15, -0.1) is 12.4 Å². The van der Waals surface area contributed by atoms with E-state index in [4.69, 9.17) is 10.8 Å². The molecular formula is C12H14ClN3O2. The smallest absolute Gasteiger partial charge is 0.335 e. The van der Waals surface area contributed by atoms with E-state index in [9.17, 15) is 4.79 Å². The predicted octanol–water partition coefficient (Wildman–Crippen LogP) is 1.94. The van der Waals surface area contributed by atoms with E-state index in [1.54, 1.807) is 28.9 Å². The van der Waals surface area contributed by atoms with Crippen LogP contribution in [0.2, 0.25) is 0 Å². The summed E-state index contributed by atoms with van der Waals surface area (Å²) in [6.07, 6.45) is 0. The van der Waals surface area contributed by atoms with E-state index in [0.29, 0.717) is 12.4 Å². The molecule has 0 saturated heterocycles. The summed E-state index contributed by atoms with van der Waals surface area (Å²) in [7, 11) is 0. The van der Waals surface area contributed by atoms with Crippen molar-refractivity contribution >= 4 is 24.2 Å². The number of carboxylic acids is 1. The van der Waals surface area contributed by atoms with Crippen LogP contribution >= 0.6 is 12.4 Å². The molecule has 0 atom stereocenters. The molecule has 5 nitrogen and oxygen atoms in total. The zero-order valence-electron chi connectivity index (χ0n) is 9.83. The quantitative estimate of drug-likeness (QED) is 0.890. The molecule has 0 aliphatic carbocycles. The molecule has 0 aliphatic heterocycles. The maximum absolute atomic E-state index is 10.8. The largest absolute Gasteiger partial charge is 0.478 e. The van der Waals surface area contributed by atoms with Crippen molar-refractivity contribution in [3.05, 3.63) is 47.2 Å². The molecule has 0 spiro atoms. The Balaban J connectivity index is 0.00000162. The fourth-order valence-corrected chi connectivity index (χ4v) is 1.67. The van der Waals surface area contributed by atoms with Gasteiger partial charge in [0, 0.05) is 11.8 Å². The van der Waals surface area contributed by atoms with Crippen LogP contribution in [0.1, 0.15) is 21.6 Å². The molecule has 1 aromatic carbocycles. The molecular weight excluding hydrogens is 254 g/mol. The number of halogens is 1. The molecule has 2 rings (SSSR count). The summed E-state index contributed by atoms with van der Waals surface area (Å²) >= 11 is 0. The first-order valence-corrected chi connectivity index (χ1v) is 5.18. The third kappa shape index (κ3) is 3.01. The molecule has 0 bridgehead atoms. The van der Waals surface area contributed by atoms with E-state index >= 15 is 0 Å². The summed E-state index contributed by atoms with van der Waals surface area (Å²) in [6, 6.07) is 8.57. The Morgan fingerprint density at radius 1 is 1.44 bits per heavy atom. The zero-order chi connectivity index (χ0) is 12.4. The molecule has 0 unspecified atom stereocenters. The second kappa shape index (κ2) is 5.55. The molecule has 2 aromatic rings. The number of benzene rings is 1. The summed E-state index contributed by atoms with van der Waals surface area (Å²) in [4.78, 5) is 10.8. The van der Waals surface area contributed by atoms with Gasteiger partial charge in [0.15, 0.2) is 0 Å². The van der Waals surface area contributed by atoms with Crippen LogP contribution in [0.25, 0.3) is 0 Å². The second-order valence-corrected chi connectivity index (χ2v) is 3.87. The lowest BCUT2D eigenvalue weighted by atomic mass is 10.1. The van der Waals surface area contributed by atoms with Gasteiger partial charge in [0.1, 0.15) is 5.82 Å². The van der Waals surface area contributed by atoms with Gasteiger partial charge in [-0.05, 0) is 24.6 Å². The average Bonchev–Trinajstić information content (AvgIpc) is 2.58. The van der Waals surface area contributed by atoms with Crippen LogP contribution < -0.4 is 5.73 Å². The number of aromatic nitrogens is 2. The van der Waals surface area contributed by atoms with Crippen LogP contribution in [0.4, 0.5) is 5.82 Å². The fourth-order valence-electron chi connectivity index (χ4n) is 1.67. The van der Waals surface area contributed by atoms with E-state index in [2.05, 4.69) is 5.10 Å². The van der Waals surface area contributed by atoms with Crippen molar-refractivity contribution in [1.82, 2.24) is 9.78 Å². The van der Waals surface area contributed by atoms with Crippen molar-refractivity contribution in [2.75, 3.05) is 5.73 Å². The molecule has 0 fully saturated rings. The Morgan fingerprint density at radius 3 is 2.72 bits per heavy atom. The molecule has 1 aromatic heterocycles. The number of nitrogen functional groups attached to an aromatic ring is 1. The van der Waals surface area contributed by atoms with Gasteiger partial charge in [-0.25, -0.2) is 4.79 Å². The van der Waals surface area contributed by atoms with Crippen molar-refractivity contribution in [3.8, 4) is 0 Å². The summed E-state index contributed by atoms with van der Waals surface area (Å²) < 4.78 is 1.75. The van der Waals surface area contributed by atoms with Crippen LogP contribution in [-0.2, 0) is 6.54 Å². The van der Waals surface area contributed by atoms with Crippen LogP contribution in [-0.4, -0.2) is 20.9 Å². The van der Waals surface area contributed by atoms with Gasteiger partial charge in [-0.1, -0.05) is 12.1 Å². The van der Waals surface area contributed by atoms with Crippen LogP contribution in [0.15, 0.2) is 30.3 Å². The third-order valence-electron chi connectivity index (χ3n) is 2.51. The van der Waals surface area contributed by atoms with Crippen molar-refractivity contribution in [3.63, 3.8) is 0 Å². The lowest BCUT2D eigenvalue weighted by Crippen LogP contribution is -2.05. The number of nitrogens with two attached hydrogens (primary N) is 1. The maximum atomic E-state index is 10.8. The zero-order valence-corrected chi connectivity index (χ0v) is 10.6. The van der Waals surface area contributed by atoms with Crippen LogP contribution in [0, 0.1) is 6.92 Å². The van der Waals surface area contributed by atoms with Crippen molar-refractivity contribution in [2.45, 2.75) is 13.5 Å². The fraction of sp³-hybridized carbons (Fsp3) is 0.167. The minimum Gasteiger partial charge on any atom is -0.478 e. The minimum absolute atomic E-state index is 0. The number of aryl methyl sites for hydroxylation is 1. The summed E-state index contributed by atoms with van der Waals surface area (Å²) in [6.45, 7) is 2.43. The number of hydrogen-bond donors (Lipinski definition) is 2. The highest BCUT2D eigenvalue weighted by Gasteiger charge is 2.06. The Bertz CT molecular complexity index is 566. The van der Waals surface area contributed by atoms with Gasteiger partial charge < -0.3 is 10.8 Å². The lowest BCUT2D eigenvalue weighted by molar-refractivity contribution is 0.0696. The summed E-state index contributed by atoms with van der Waals surface area (Å²) in [5.74, 6) is -0.458. The first kappa shape index (κ1) is 14.1. The highest BCUT2D eigenvalue weighted by Crippen LogP contribution is 2.10. The van der Waals surface area contributed by atoms with Gasteiger partial charge in [-0.3, -0.25) is 4.68 Å². The Labute approximate surface area is 111 Å². The summed E-state index contributed by atoms with van der Waals surface area (Å²) in [5, 5.41) is 13.0. The highest BCUT2D eigenvalue weighted by atomic mass is 35.5. The predicted molar refractivity (Wildman–Crippen MR) is 71.1 cm³/mol. The van der Waals surface area contributed by atoms with Gasteiger partial charge in [-0.2, -0.15) is 5.10 Å². The van der Waals surface area contributed by atoms with E-state index in [0.717, 1.165) is 11.3 Å². The Kier molecular flexibility index (Phi) is 4.33. The number of aromatic carboxylic acids is 1. The second-order valence-electron chi connectivity index (χ2n) is 3.87. The molecule has 6 heteroatoms. The first-order valence-electron chi connectivity index (χ1n) is 5.18. The molecule has 0 saturated carbocycles. The topological polar surface area (TPSA) is 81.1 Å². The number of carboxylic acid groups (broad SMARTS) is 1. The standard InChI is InChI=1S/C12H13N3O2.ClH/c1-8-5-11(13)14-15(8)7-9-3-2-4-10(6-9)12(16)17;/h2-6H,7H2,1H3,(H2,13,14)(H,16,17);1H. The molecule has 0 amide bonds. The van der Waals surface area contributed by atoms with E-state index in [1.807, 2.05) is 13.0 Å². The van der Waals surface area contributed by atoms with Gasteiger partial charge in [0.25, 0.3) is 0 Å². The minimum atomic E-state index is -0.927. The van der Waals surface area contributed by atoms with Crippen LogP contribution in [0.5, 0.6) is 0 Å². The van der Waals surface area contributed by atoms with E-state index in [-0.39, 0.29) is 18.0 Å². The van der Waals surface area contributed by atoms with Gasteiger partial charge in [0.2, 0.25) is 0 Å². The van der Waals surface area contributed by atoms with Gasteiger partial charge >= 0.3 is 5.97 Å². The molecule has 18 heavy (non-hydrogen) atoms. The highest BCUT2D eigenvalue weighted by molar-refractivity contribution is 5.87. The molecule has 96 valence electrons. The SMILES string of the molecule is Cc1cc(N)nn1Cc1cccc(C(=O)O)c1.Cl. The number of carbonyl (C=O) groups is 1. The lowest BCUT2D eigenvalue weighted by Gasteiger charge is -2.05. The van der Waals surface area contributed by atoms with E-state index < -0.39 is 5.97 Å². The number of hydrogen-bond acceptors (Lipinski definition) is 3. The van der Waals surface area contributed by atoms with Crippen LogP contribution in [0.3, 0.4) is 0 Å². The number of rotatable bonds is 3. The first-order chi connectivity index (χ1) is 8.06. The van der Waals surface area contributed by atoms with Gasteiger partial charge in [0.05, 0.1) is 12.1 Å². The van der Waals surface area contributed by atoms with E-state index in [1.165, 1.54) is 0 Å². The Hall–Kier alpha value is -2.01. The molecule has 1 heterocycles. The van der Waals surface area contributed by atoms with Crippen molar-refractivity contribution in [2.24, 2.45) is 0 Å². The molecule has 0 radical (unpaired) electrons. The third-order valence-corrected chi connectivity index (χ3v) is 2.51. The van der Waals surface area contributed by atoms with Crippen molar-refractivity contribution in [1.29, 1.82) is 0 Å². The maximum Gasteiger partial charge on any atom is 0.335 e. The summed E-state index contributed by atoms with van der Waals surface area (Å²) in [5.41, 5.74) is 7.70. The van der Waals surface area contributed by atoms with Crippen molar-refractivity contribution < 1.29 is 9.90 Å². The number of nitrogens with zero attached hydrogens (tertiary/aromatic N) is 2. The molecule has 0 aliphatic rings. The monoisotopic (exact) mass is 267 g/mol. The number of anilines is 1.